The van der Waals surface area contributed by atoms with Crippen molar-refractivity contribution in [2.75, 3.05) is 0 Å². The van der Waals surface area contributed by atoms with E-state index in [-0.39, 0.29) is 0 Å². The zero-order valence-corrected chi connectivity index (χ0v) is 23.6. The summed E-state index contributed by atoms with van der Waals surface area (Å²) in [7, 11) is 0. The van der Waals surface area contributed by atoms with E-state index in [0.717, 1.165) is 67.0 Å². The molecular formula is C36H26N6O. The first-order valence-electron chi connectivity index (χ1n) is 14.0. The van der Waals surface area contributed by atoms with Gasteiger partial charge in [-0.15, -0.1) is 20.5 Å². The molecular weight excluding hydrogens is 532 g/mol. The van der Waals surface area contributed by atoms with Gasteiger partial charge in [0.05, 0.1) is 22.4 Å². The van der Waals surface area contributed by atoms with Gasteiger partial charge >= 0.3 is 0 Å². The number of furan rings is 1. The van der Waals surface area contributed by atoms with E-state index in [1.54, 1.807) is 0 Å². The molecule has 7 aromatic rings. The van der Waals surface area contributed by atoms with Crippen molar-refractivity contribution in [1.29, 1.82) is 0 Å². The van der Waals surface area contributed by atoms with Crippen molar-refractivity contribution in [3.05, 3.63) is 132 Å². The standard InChI is InChI=1S/C36H26N6O/c1-23-21-27(39-41-35-19-11-25-7-3-5-9-31(25)37-35)13-15-29(23)33-17-18-34(43-33)30-16-14-28(22-24(30)2)40-42-36-20-12-26-8-4-6-10-32(26)38-36/h3-22H,1-2H3/b41-39+,42-40+. The van der Waals surface area contributed by atoms with Crippen molar-refractivity contribution in [3.63, 3.8) is 0 Å². The summed E-state index contributed by atoms with van der Waals surface area (Å²) in [6.07, 6.45) is 0. The summed E-state index contributed by atoms with van der Waals surface area (Å²) in [4.78, 5) is 9.13. The second-order valence-corrected chi connectivity index (χ2v) is 10.3. The van der Waals surface area contributed by atoms with Crippen molar-refractivity contribution < 1.29 is 4.42 Å². The van der Waals surface area contributed by atoms with Crippen LogP contribution in [0.1, 0.15) is 11.1 Å². The van der Waals surface area contributed by atoms with Crippen LogP contribution in [0.3, 0.4) is 0 Å². The molecule has 0 N–H and O–H groups in total. The van der Waals surface area contributed by atoms with Gasteiger partial charge in [0, 0.05) is 21.9 Å². The summed E-state index contributed by atoms with van der Waals surface area (Å²) in [5.41, 5.74) is 7.38. The lowest BCUT2D eigenvalue weighted by Crippen LogP contribution is -1.82. The molecule has 0 aliphatic carbocycles. The van der Waals surface area contributed by atoms with E-state index in [2.05, 4.69) is 30.4 Å². The van der Waals surface area contributed by atoms with E-state index in [9.17, 15) is 0 Å². The summed E-state index contributed by atoms with van der Waals surface area (Å²) in [5, 5.41) is 19.7. The number of para-hydroxylation sites is 2. The Kier molecular flexibility index (Phi) is 6.81. The normalized spacial score (nSPS) is 11.8. The van der Waals surface area contributed by atoms with Crippen molar-refractivity contribution >= 4 is 44.8 Å². The molecule has 0 aliphatic heterocycles. The first-order valence-corrected chi connectivity index (χ1v) is 14.0. The predicted molar refractivity (Wildman–Crippen MR) is 171 cm³/mol. The smallest absolute Gasteiger partial charge is 0.174 e. The molecule has 0 radical (unpaired) electrons. The van der Waals surface area contributed by atoms with Crippen molar-refractivity contribution in [2.45, 2.75) is 13.8 Å². The largest absolute Gasteiger partial charge is 0.456 e. The summed E-state index contributed by atoms with van der Waals surface area (Å²) < 4.78 is 6.31. The molecule has 0 atom stereocenters. The molecule has 0 saturated heterocycles. The third kappa shape index (κ3) is 5.56. The summed E-state index contributed by atoms with van der Waals surface area (Å²) in [5.74, 6) is 2.73. The second-order valence-electron chi connectivity index (χ2n) is 10.3. The lowest BCUT2D eigenvalue weighted by atomic mass is 10.1. The van der Waals surface area contributed by atoms with Gasteiger partial charge in [0.25, 0.3) is 0 Å². The average molecular weight is 559 g/mol. The topological polar surface area (TPSA) is 88.4 Å². The third-order valence-electron chi connectivity index (χ3n) is 7.26. The minimum atomic E-state index is 0.573. The van der Waals surface area contributed by atoms with E-state index in [4.69, 9.17) is 4.42 Å². The Morgan fingerprint density at radius 3 is 1.40 bits per heavy atom. The minimum Gasteiger partial charge on any atom is -0.456 e. The molecule has 7 nitrogen and oxygen atoms in total. The fraction of sp³-hybridized carbons (Fsp3) is 0.0556. The van der Waals surface area contributed by atoms with Gasteiger partial charge in [-0.25, -0.2) is 9.97 Å². The SMILES string of the molecule is Cc1cc(/N=N/c2ccc3ccccc3n2)ccc1-c1ccc(-c2ccc(/N=N/c3ccc4ccccc4n3)cc2C)o1. The molecule has 4 aromatic carbocycles. The number of hydrogen-bond acceptors (Lipinski definition) is 7. The maximum atomic E-state index is 6.31. The van der Waals surface area contributed by atoms with Crippen molar-refractivity contribution in [2.24, 2.45) is 20.5 Å². The molecule has 3 heterocycles. The molecule has 206 valence electrons. The van der Waals surface area contributed by atoms with Crippen LogP contribution in [0.4, 0.5) is 23.0 Å². The molecule has 0 unspecified atom stereocenters. The quantitative estimate of drug-likeness (QED) is 0.190. The second kappa shape index (κ2) is 11.2. The molecule has 0 aliphatic rings. The van der Waals surface area contributed by atoms with Crippen LogP contribution in [0, 0.1) is 13.8 Å². The van der Waals surface area contributed by atoms with Gasteiger partial charge in [-0.05, 0) is 110 Å². The maximum absolute atomic E-state index is 6.31. The zero-order valence-electron chi connectivity index (χ0n) is 23.6. The number of benzene rings is 4. The number of fused-ring (bicyclic) bond motifs is 2. The van der Waals surface area contributed by atoms with E-state index in [0.29, 0.717) is 11.6 Å². The van der Waals surface area contributed by atoms with Crippen LogP contribution < -0.4 is 0 Å². The van der Waals surface area contributed by atoms with Crippen LogP contribution >= 0.6 is 0 Å². The van der Waals surface area contributed by atoms with E-state index in [1.165, 1.54) is 0 Å². The van der Waals surface area contributed by atoms with Gasteiger partial charge in [-0.1, -0.05) is 36.4 Å². The van der Waals surface area contributed by atoms with Crippen molar-refractivity contribution in [1.82, 2.24) is 9.97 Å². The Morgan fingerprint density at radius 1 is 0.465 bits per heavy atom. The van der Waals surface area contributed by atoms with Crippen molar-refractivity contribution in [3.8, 4) is 22.6 Å². The fourth-order valence-electron chi connectivity index (χ4n) is 5.04. The lowest BCUT2D eigenvalue weighted by molar-refractivity contribution is 0.596. The summed E-state index contributed by atoms with van der Waals surface area (Å²) in [6, 6.07) is 39.5. The van der Waals surface area contributed by atoms with E-state index < -0.39 is 0 Å². The number of nitrogens with zero attached hydrogens (tertiary/aromatic N) is 6. The highest BCUT2D eigenvalue weighted by Crippen LogP contribution is 2.35. The van der Waals surface area contributed by atoms with Crippen LogP contribution in [-0.4, -0.2) is 9.97 Å². The number of hydrogen-bond donors (Lipinski definition) is 0. The molecule has 7 rings (SSSR count). The first kappa shape index (κ1) is 26.1. The van der Waals surface area contributed by atoms with Crippen LogP contribution in [0.5, 0.6) is 0 Å². The number of azo groups is 2. The zero-order chi connectivity index (χ0) is 29.2. The summed E-state index contributed by atoms with van der Waals surface area (Å²) in [6.45, 7) is 4.08. The Hall–Kier alpha value is -5.82. The van der Waals surface area contributed by atoms with Gasteiger partial charge in [-0.3, -0.25) is 0 Å². The Morgan fingerprint density at radius 2 is 0.930 bits per heavy atom. The number of aromatic nitrogens is 2. The lowest BCUT2D eigenvalue weighted by Gasteiger charge is -2.06. The van der Waals surface area contributed by atoms with Crippen LogP contribution in [0.2, 0.25) is 0 Å². The number of aryl methyl sites for hydroxylation is 2. The van der Waals surface area contributed by atoms with Gasteiger partial charge < -0.3 is 4.42 Å². The molecule has 3 aromatic heterocycles. The number of pyridine rings is 2. The molecule has 0 bridgehead atoms. The average Bonchev–Trinajstić information content (AvgIpc) is 3.52. The molecule has 0 amide bonds. The highest BCUT2D eigenvalue weighted by atomic mass is 16.3. The molecule has 0 saturated carbocycles. The first-order chi connectivity index (χ1) is 21.1. The van der Waals surface area contributed by atoms with Crippen LogP contribution in [0.25, 0.3) is 44.5 Å². The van der Waals surface area contributed by atoms with E-state index in [1.807, 2.05) is 135 Å². The third-order valence-corrected chi connectivity index (χ3v) is 7.26. The Balaban J connectivity index is 1.07. The number of rotatable bonds is 6. The fourth-order valence-corrected chi connectivity index (χ4v) is 5.04. The highest BCUT2D eigenvalue weighted by molar-refractivity contribution is 5.80. The summed E-state index contributed by atoms with van der Waals surface area (Å²) >= 11 is 0. The molecule has 43 heavy (non-hydrogen) atoms. The van der Waals surface area contributed by atoms with Gasteiger partial charge in [-0.2, -0.15) is 0 Å². The molecule has 0 fully saturated rings. The van der Waals surface area contributed by atoms with E-state index >= 15 is 0 Å². The highest BCUT2D eigenvalue weighted by Gasteiger charge is 2.12. The molecule has 0 spiro atoms. The van der Waals surface area contributed by atoms with Crippen LogP contribution in [-0.2, 0) is 0 Å². The predicted octanol–water partition coefficient (Wildman–Crippen LogP) is 11.2. The van der Waals surface area contributed by atoms with Crippen LogP contribution in [0.15, 0.2) is 146 Å². The monoisotopic (exact) mass is 558 g/mol. The minimum absolute atomic E-state index is 0.573. The van der Waals surface area contributed by atoms with Gasteiger partial charge in [0.15, 0.2) is 11.6 Å². The Bertz CT molecular complexity index is 2030. The van der Waals surface area contributed by atoms with Gasteiger partial charge in [0.1, 0.15) is 11.5 Å². The van der Waals surface area contributed by atoms with Gasteiger partial charge in [0.2, 0.25) is 0 Å². The maximum Gasteiger partial charge on any atom is 0.174 e. The molecule has 7 heteroatoms. The Labute approximate surface area is 248 Å².